The largest absolute Gasteiger partial charge is 0.423 e. The number of nitrogens with zero attached hydrogens (tertiary/aromatic N) is 1. The fraction of sp³-hybridized carbons (Fsp3) is 0.161. The van der Waals surface area contributed by atoms with Crippen LogP contribution in [0.4, 0.5) is 5.69 Å². The minimum absolute atomic E-state index is 0.0284. The Labute approximate surface area is 231 Å². The third-order valence-electron chi connectivity index (χ3n) is 6.11. The van der Waals surface area contributed by atoms with Crippen molar-refractivity contribution in [2.24, 2.45) is 0 Å². The number of carbonyl (C=O) groups is 2. The predicted molar refractivity (Wildman–Crippen MR) is 150 cm³/mol. The molecule has 0 N–H and O–H groups in total. The van der Waals surface area contributed by atoms with Crippen molar-refractivity contribution in [1.82, 2.24) is 0 Å². The highest BCUT2D eigenvalue weighted by atomic mass is 35.5. The normalized spacial score (nSPS) is 10.6. The third kappa shape index (κ3) is 7.30. The smallest absolute Gasteiger partial charge is 0.345 e. The highest BCUT2D eigenvalue weighted by Crippen LogP contribution is 2.26. The van der Waals surface area contributed by atoms with Gasteiger partial charge in [0.25, 0.3) is 5.69 Å². The molecule has 0 bridgehead atoms. The molecule has 0 aromatic heterocycles. The molecule has 4 aromatic rings. The molecular weight excluding hydrogens is 518 g/mol. The van der Waals surface area contributed by atoms with Crippen LogP contribution in [0.1, 0.15) is 52.5 Å². The van der Waals surface area contributed by atoms with Gasteiger partial charge in [0.05, 0.1) is 21.1 Å². The molecule has 0 atom stereocenters. The van der Waals surface area contributed by atoms with Gasteiger partial charge < -0.3 is 9.47 Å². The lowest BCUT2D eigenvalue weighted by Gasteiger charge is -2.09. The summed E-state index contributed by atoms with van der Waals surface area (Å²) in [5, 5.41) is 10.8. The molecule has 0 fully saturated rings. The highest BCUT2D eigenvalue weighted by Gasteiger charge is 2.16. The maximum absolute atomic E-state index is 12.7. The summed E-state index contributed by atoms with van der Waals surface area (Å²) in [5.41, 5.74) is 3.67. The van der Waals surface area contributed by atoms with Gasteiger partial charge in [0.2, 0.25) is 0 Å². The molecule has 4 aromatic carbocycles. The maximum Gasteiger partial charge on any atom is 0.345 e. The Morgan fingerprint density at radius 2 is 1.36 bits per heavy atom. The second-order valence-electron chi connectivity index (χ2n) is 8.90. The van der Waals surface area contributed by atoms with Gasteiger partial charge in [-0.3, -0.25) is 10.1 Å². The summed E-state index contributed by atoms with van der Waals surface area (Å²) in [6, 6.07) is 24.8. The Bertz CT molecular complexity index is 1460. The second kappa shape index (κ2) is 12.8. The average Bonchev–Trinajstić information content (AvgIpc) is 2.94. The van der Waals surface area contributed by atoms with Crippen LogP contribution in [0.2, 0.25) is 5.02 Å². The Morgan fingerprint density at radius 1 is 0.769 bits per heavy atom. The molecule has 0 aliphatic rings. The number of ether oxygens (including phenoxy) is 2. The minimum atomic E-state index is -0.753. The molecule has 39 heavy (non-hydrogen) atoms. The van der Waals surface area contributed by atoms with E-state index in [0.29, 0.717) is 5.56 Å². The number of nitro benzene ring substituents is 1. The number of nitro groups is 1. The van der Waals surface area contributed by atoms with Crippen LogP contribution in [0.3, 0.4) is 0 Å². The van der Waals surface area contributed by atoms with E-state index in [4.69, 9.17) is 21.1 Å². The first-order chi connectivity index (χ1) is 18.8. The lowest BCUT2D eigenvalue weighted by Crippen LogP contribution is -2.11. The van der Waals surface area contributed by atoms with Gasteiger partial charge in [-0.05, 0) is 65.9 Å². The molecular formula is C31H26ClNO6. The number of hydrogen-bond donors (Lipinski definition) is 0. The summed E-state index contributed by atoms with van der Waals surface area (Å²) in [6.07, 6.45) is 4.69. The van der Waals surface area contributed by atoms with E-state index in [0.717, 1.165) is 17.5 Å². The van der Waals surface area contributed by atoms with E-state index in [2.05, 4.69) is 31.2 Å². The number of aryl methyl sites for hydroxylation is 1. The number of rotatable bonds is 10. The van der Waals surface area contributed by atoms with Crippen LogP contribution in [0.5, 0.6) is 11.5 Å². The zero-order chi connectivity index (χ0) is 27.8. The van der Waals surface area contributed by atoms with Crippen LogP contribution in [-0.2, 0) is 6.42 Å². The van der Waals surface area contributed by atoms with Gasteiger partial charge in [-0.1, -0.05) is 67.8 Å². The molecule has 0 amide bonds. The fourth-order valence-electron chi connectivity index (χ4n) is 3.93. The van der Waals surface area contributed by atoms with Crippen molar-refractivity contribution in [2.75, 3.05) is 0 Å². The van der Waals surface area contributed by atoms with Gasteiger partial charge in [0, 0.05) is 18.2 Å². The standard InChI is InChI=1S/C31H26ClNO6/c1-2-3-4-5-21-6-8-22(9-7-21)23-10-12-24(13-11-23)30(34)39-27-18-19-28(29(32)20-27)31(35)38-26-16-14-25(15-17-26)33(36)37/h6-20H,2-5H2,1H3. The van der Waals surface area contributed by atoms with Crippen LogP contribution in [0.15, 0.2) is 91.0 Å². The van der Waals surface area contributed by atoms with Gasteiger partial charge in [0.1, 0.15) is 11.5 Å². The van der Waals surface area contributed by atoms with Crippen LogP contribution in [0.25, 0.3) is 11.1 Å². The van der Waals surface area contributed by atoms with E-state index in [1.54, 1.807) is 12.1 Å². The summed E-state index contributed by atoms with van der Waals surface area (Å²) >= 11 is 6.24. The zero-order valence-corrected chi connectivity index (χ0v) is 22.0. The van der Waals surface area contributed by atoms with Crippen molar-refractivity contribution in [2.45, 2.75) is 32.6 Å². The Kier molecular flexibility index (Phi) is 9.07. The number of hydrogen-bond acceptors (Lipinski definition) is 6. The first-order valence-corrected chi connectivity index (χ1v) is 12.9. The fourth-order valence-corrected chi connectivity index (χ4v) is 4.18. The molecule has 0 heterocycles. The number of carbonyl (C=O) groups excluding carboxylic acids is 2. The maximum atomic E-state index is 12.7. The van der Waals surface area contributed by atoms with Crippen molar-refractivity contribution in [3.8, 4) is 22.6 Å². The van der Waals surface area contributed by atoms with E-state index >= 15 is 0 Å². The SMILES string of the molecule is CCCCCc1ccc(-c2ccc(C(=O)Oc3ccc(C(=O)Oc4ccc([N+](=O)[O-])cc4)c(Cl)c3)cc2)cc1. The second-order valence-corrected chi connectivity index (χ2v) is 9.31. The molecule has 198 valence electrons. The molecule has 0 saturated carbocycles. The van der Waals surface area contributed by atoms with Gasteiger partial charge in [-0.2, -0.15) is 0 Å². The van der Waals surface area contributed by atoms with Crippen LogP contribution in [-0.4, -0.2) is 16.9 Å². The number of non-ortho nitro benzene ring substituents is 1. The lowest BCUT2D eigenvalue weighted by atomic mass is 10.0. The summed E-state index contributed by atoms with van der Waals surface area (Å²) < 4.78 is 10.7. The number of esters is 2. The quantitative estimate of drug-likeness (QED) is 0.0659. The molecule has 0 radical (unpaired) electrons. The van der Waals surface area contributed by atoms with E-state index in [-0.39, 0.29) is 27.8 Å². The van der Waals surface area contributed by atoms with Crippen molar-refractivity contribution in [3.05, 3.63) is 123 Å². The van der Waals surface area contributed by atoms with Gasteiger partial charge in [0.15, 0.2) is 0 Å². The third-order valence-corrected chi connectivity index (χ3v) is 6.42. The lowest BCUT2D eigenvalue weighted by molar-refractivity contribution is -0.384. The van der Waals surface area contributed by atoms with E-state index in [1.165, 1.54) is 67.3 Å². The molecule has 0 aliphatic carbocycles. The molecule has 0 unspecified atom stereocenters. The molecule has 4 rings (SSSR count). The number of benzene rings is 4. The molecule has 7 nitrogen and oxygen atoms in total. The van der Waals surface area contributed by atoms with E-state index < -0.39 is 16.9 Å². The van der Waals surface area contributed by atoms with Gasteiger partial charge in [-0.25, -0.2) is 9.59 Å². The zero-order valence-electron chi connectivity index (χ0n) is 21.3. The van der Waals surface area contributed by atoms with Crippen molar-refractivity contribution >= 4 is 29.2 Å². The van der Waals surface area contributed by atoms with Crippen LogP contribution in [0, 0.1) is 10.1 Å². The Hall–Kier alpha value is -4.49. The first-order valence-electron chi connectivity index (χ1n) is 12.5. The first kappa shape index (κ1) is 27.5. The monoisotopic (exact) mass is 543 g/mol. The van der Waals surface area contributed by atoms with Crippen molar-refractivity contribution in [1.29, 1.82) is 0 Å². The number of unbranched alkanes of at least 4 members (excludes halogenated alkanes) is 2. The van der Waals surface area contributed by atoms with Crippen LogP contribution < -0.4 is 9.47 Å². The molecule has 0 saturated heterocycles. The molecule has 0 aliphatic heterocycles. The Morgan fingerprint density at radius 3 is 1.95 bits per heavy atom. The summed E-state index contributed by atoms with van der Waals surface area (Å²) in [4.78, 5) is 35.4. The topological polar surface area (TPSA) is 95.7 Å². The Balaban J connectivity index is 1.36. The summed E-state index contributed by atoms with van der Waals surface area (Å²) in [5.74, 6) is -1.02. The highest BCUT2D eigenvalue weighted by molar-refractivity contribution is 6.33. The van der Waals surface area contributed by atoms with Gasteiger partial charge in [-0.15, -0.1) is 0 Å². The van der Waals surface area contributed by atoms with Crippen LogP contribution >= 0.6 is 11.6 Å². The van der Waals surface area contributed by atoms with Crippen molar-refractivity contribution < 1.29 is 24.0 Å². The number of halogens is 1. The predicted octanol–water partition coefficient (Wildman–Crippen LogP) is 8.09. The van der Waals surface area contributed by atoms with Gasteiger partial charge >= 0.3 is 11.9 Å². The molecule has 8 heteroatoms. The van der Waals surface area contributed by atoms with E-state index in [1.807, 2.05) is 12.1 Å². The molecule has 0 spiro atoms. The van der Waals surface area contributed by atoms with E-state index in [9.17, 15) is 19.7 Å². The average molecular weight is 544 g/mol. The minimum Gasteiger partial charge on any atom is -0.423 e. The van der Waals surface area contributed by atoms with Crippen molar-refractivity contribution in [3.63, 3.8) is 0 Å². The summed E-state index contributed by atoms with van der Waals surface area (Å²) in [7, 11) is 0. The summed E-state index contributed by atoms with van der Waals surface area (Å²) in [6.45, 7) is 2.19.